The molecule has 0 atom stereocenters. The van der Waals surface area contributed by atoms with E-state index in [4.69, 9.17) is 4.74 Å². The fraction of sp³-hybridized carbons (Fsp3) is 0.294. The lowest BCUT2D eigenvalue weighted by molar-refractivity contribution is 0.412. The summed E-state index contributed by atoms with van der Waals surface area (Å²) in [4.78, 5) is 2.38. The summed E-state index contributed by atoms with van der Waals surface area (Å²) in [5.41, 5.74) is 3.87. The fourth-order valence-electron chi connectivity index (χ4n) is 2.31. The molecule has 2 nitrogen and oxygen atoms in total. The van der Waals surface area contributed by atoms with Crippen LogP contribution in [0.5, 0.6) is 5.75 Å². The summed E-state index contributed by atoms with van der Waals surface area (Å²) >= 11 is 3.55. The van der Waals surface area contributed by atoms with Crippen LogP contribution in [0.2, 0.25) is 0 Å². The van der Waals surface area contributed by atoms with Gasteiger partial charge >= 0.3 is 0 Å². The van der Waals surface area contributed by atoms with Gasteiger partial charge in [0, 0.05) is 18.8 Å². The second-order valence-electron chi connectivity index (χ2n) is 4.77. The summed E-state index contributed by atoms with van der Waals surface area (Å²) in [7, 11) is 1.69. The predicted molar refractivity (Wildman–Crippen MR) is 88.6 cm³/mol. The molecule has 0 saturated heterocycles. The number of para-hydroxylation sites is 1. The zero-order valence-electron chi connectivity index (χ0n) is 12.2. The first-order valence-electron chi connectivity index (χ1n) is 6.78. The maximum Gasteiger partial charge on any atom is 0.133 e. The van der Waals surface area contributed by atoms with E-state index in [0.717, 1.165) is 23.3 Å². The molecule has 0 spiro atoms. The third-order valence-corrected chi connectivity index (χ3v) is 4.05. The Kier molecular flexibility index (Phi) is 5.07. The van der Waals surface area contributed by atoms with Crippen LogP contribution in [0.3, 0.4) is 0 Å². The van der Waals surface area contributed by atoms with Crippen LogP contribution < -0.4 is 9.64 Å². The van der Waals surface area contributed by atoms with E-state index in [1.807, 2.05) is 6.07 Å². The highest BCUT2D eigenvalue weighted by Crippen LogP contribution is 2.27. The molecule has 0 saturated carbocycles. The Hall–Kier alpha value is -1.48. The molecule has 0 aliphatic carbocycles. The molecule has 0 aromatic heterocycles. The number of halogens is 1. The van der Waals surface area contributed by atoms with Crippen LogP contribution >= 0.6 is 15.9 Å². The Bertz CT molecular complexity index is 583. The summed E-state index contributed by atoms with van der Waals surface area (Å²) in [6.07, 6.45) is 0. The van der Waals surface area contributed by atoms with Crippen LogP contribution in [-0.4, -0.2) is 13.7 Å². The van der Waals surface area contributed by atoms with Crippen molar-refractivity contribution in [3.05, 3.63) is 58.1 Å². The number of ether oxygens (including phenoxy) is 1. The third kappa shape index (κ3) is 3.34. The van der Waals surface area contributed by atoms with Crippen LogP contribution in [0.1, 0.15) is 18.1 Å². The Morgan fingerprint density at radius 3 is 2.50 bits per heavy atom. The predicted octanol–water partition coefficient (Wildman–Crippen LogP) is 4.79. The zero-order chi connectivity index (χ0) is 14.5. The Morgan fingerprint density at radius 2 is 1.90 bits per heavy atom. The molecule has 0 fully saturated rings. The highest BCUT2D eigenvalue weighted by atomic mass is 79.9. The van der Waals surface area contributed by atoms with E-state index in [1.165, 1.54) is 16.8 Å². The van der Waals surface area contributed by atoms with Crippen molar-refractivity contribution in [1.29, 1.82) is 0 Å². The molecule has 0 N–H and O–H groups in total. The average Bonchev–Trinajstić information content (AvgIpc) is 2.46. The standard InChI is InChI=1S/C17H20BrNO/c1-4-19(16-8-6-5-7-13(16)2)12-14-9-10-17(20-3)15(18)11-14/h5-11H,4,12H2,1-3H3. The highest BCUT2D eigenvalue weighted by Gasteiger charge is 2.09. The van der Waals surface area contributed by atoms with Gasteiger partial charge in [-0.15, -0.1) is 0 Å². The molecule has 3 heteroatoms. The van der Waals surface area contributed by atoms with Gasteiger partial charge in [-0.3, -0.25) is 0 Å². The maximum atomic E-state index is 5.27. The third-order valence-electron chi connectivity index (χ3n) is 3.43. The Labute approximate surface area is 129 Å². The molecule has 2 aromatic carbocycles. The van der Waals surface area contributed by atoms with E-state index in [1.54, 1.807) is 7.11 Å². The monoisotopic (exact) mass is 333 g/mol. The van der Waals surface area contributed by atoms with Crippen molar-refractivity contribution in [2.45, 2.75) is 20.4 Å². The SMILES string of the molecule is CCN(Cc1ccc(OC)c(Br)c1)c1ccccc1C. The fourth-order valence-corrected chi connectivity index (χ4v) is 2.90. The number of benzene rings is 2. The normalized spacial score (nSPS) is 10.4. The second kappa shape index (κ2) is 6.80. The van der Waals surface area contributed by atoms with Crippen LogP contribution in [0, 0.1) is 6.92 Å². The molecular formula is C17H20BrNO. The van der Waals surface area contributed by atoms with Gasteiger partial charge in [0.1, 0.15) is 5.75 Å². The molecule has 0 radical (unpaired) electrons. The summed E-state index contributed by atoms with van der Waals surface area (Å²) < 4.78 is 6.27. The van der Waals surface area contributed by atoms with Crippen molar-refractivity contribution in [2.75, 3.05) is 18.6 Å². The summed E-state index contributed by atoms with van der Waals surface area (Å²) in [5.74, 6) is 0.868. The number of aryl methyl sites for hydroxylation is 1. The minimum absolute atomic E-state index is 0.868. The van der Waals surface area contributed by atoms with Crippen LogP contribution in [0.25, 0.3) is 0 Å². The number of hydrogen-bond acceptors (Lipinski definition) is 2. The van der Waals surface area contributed by atoms with Gasteiger partial charge in [-0.05, 0) is 59.1 Å². The van der Waals surface area contributed by atoms with Crippen LogP contribution in [0.4, 0.5) is 5.69 Å². The van der Waals surface area contributed by atoms with Crippen molar-refractivity contribution in [3.8, 4) is 5.75 Å². The Morgan fingerprint density at radius 1 is 1.15 bits per heavy atom. The summed E-state index contributed by atoms with van der Waals surface area (Å²) in [5, 5.41) is 0. The van der Waals surface area contributed by atoms with Gasteiger partial charge in [0.15, 0.2) is 0 Å². The number of hydrogen-bond donors (Lipinski definition) is 0. The molecule has 0 aliphatic rings. The van der Waals surface area contributed by atoms with Crippen molar-refractivity contribution in [3.63, 3.8) is 0 Å². The molecule has 2 rings (SSSR count). The topological polar surface area (TPSA) is 12.5 Å². The second-order valence-corrected chi connectivity index (χ2v) is 5.62. The largest absolute Gasteiger partial charge is 0.496 e. The molecule has 2 aromatic rings. The molecule has 0 unspecified atom stereocenters. The highest BCUT2D eigenvalue weighted by molar-refractivity contribution is 9.10. The van der Waals surface area contributed by atoms with Gasteiger partial charge in [0.05, 0.1) is 11.6 Å². The smallest absolute Gasteiger partial charge is 0.133 e. The van der Waals surface area contributed by atoms with E-state index in [-0.39, 0.29) is 0 Å². The molecule has 106 valence electrons. The van der Waals surface area contributed by atoms with Gasteiger partial charge in [0.2, 0.25) is 0 Å². The van der Waals surface area contributed by atoms with Crippen molar-refractivity contribution in [2.24, 2.45) is 0 Å². The number of nitrogens with zero attached hydrogens (tertiary/aromatic N) is 1. The lowest BCUT2D eigenvalue weighted by atomic mass is 10.1. The van der Waals surface area contributed by atoms with E-state index in [9.17, 15) is 0 Å². The first-order valence-corrected chi connectivity index (χ1v) is 7.58. The molecular weight excluding hydrogens is 314 g/mol. The molecule has 0 bridgehead atoms. The first kappa shape index (κ1) is 14.9. The Balaban J connectivity index is 2.23. The van der Waals surface area contributed by atoms with E-state index >= 15 is 0 Å². The van der Waals surface area contributed by atoms with E-state index < -0.39 is 0 Å². The van der Waals surface area contributed by atoms with Crippen molar-refractivity contribution >= 4 is 21.6 Å². The van der Waals surface area contributed by atoms with Gasteiger partial charge in [-0.25, -0.2) is 0 Å². The van der Waals surface area contributed by atoms with Gasteiger partial charge in [-0.1, -0.05) is 24.3 Å². The van der Waals surface area contributed by atoms with Gasteiger partial charge in [0.25, 0.3) is 0 Å². The quantitative estimate of drug-likeness (QED) is 0.779. The first-order chi connectivity index (χ1) is 9.65. The van der Waals surface area contributed by atoms with Gasteiger partial charge in [-0.2, -0.15) is 0 Å². The van der Waals surface area contributed by atoms with Crippen molar-refractivity contribution in [1.82, 2.24) is 0 Å². The number of anilines is 1. The molecule has 0 aliphatic heterocycles. The number of rotatable bonds is 5. The van der Waals surface area contributed by atoms with Crippen LogP contribution in [-0.2, 0) is 6.54 Å². The summed E-state index contributed by atoms with van der Waals surface area (Å²) in [6.45, 7) is 6.21. The maximum absolute atomic E-state index is 5.27. The van der Waals surface area contributed by atoms with Crippen LogP contribution in [0.15, 0.2) is 46.9 Å². The zero-order valence-corrected chi connectivity index (χ0v) is 13.8. The van der Waals surface area contributed by atoms with E-state index in [0.29, 0.717) is 0 Å². The number of methoxy groups -OCH3 is 1. The lowest BCUT2D eigenvalue weighted by Gasteiger charge is -2.25. The summed E-state index contributed by atoms with van der Waals surface area (Å²) in [6, 6.07) is 14.8. The lowest BCUT2D eigenvalue weighted by Crippen LogP contribution is -2.22. The minimum atomic E-state index is 0.868. The molecule has 20 heavy (non-hydrogen) atoms. The minimum Gasteiger partial charge on any atom is -0.496 e. The molecule has 0 heterocycles. The van der Waals surface area contributed by atoms with Gasteiger partial charge < -0.3 is 9.64 Å². The average molecular weight is 334 g/mol. The van der Waals surface area contributed by atoms with Crippen molar-refractivity contribution < 1.29 is 4.74 Å². The molecule has 0 amide bonds. The van der Waals surface area contributed by atoms with E-state index in [2.05, 4.69) is 71.1 Å².